The number of nitrogens with two attached hydrogens (primary N) is 1. The molecule has 10 nitrogen and oxygen atoms in total. The third-order valence-corrected chi connectivity index (χ3v) is 5.76. The number of hydrogen-bond donors (Lipinski definition) is 1. The van der Waals surface area contributed by atoms with Crippen LogP contribution in [0.15, 0.2) is 42.7 Å². The maximum absolute atomic E-state index is 13.1. The van der Waals surface area contributed by atoms with Gasteiger partial charge in [-0.15, -0.1) is 0 Å². The van der Waals surface area contributed by atoms with E-state index in [1.165, 1.54) is 21.9 Å². The van der Waals surface area contributed by atoms with Crippen molar-refractivity contribution in [2.75, 3.05) is 30.3 Å². The summed E-state index contributed by atoms with van der Waals surface area (Å²) in [7, 11) is -3.74. The van der Waals surface area contributed by atoms with Crippen molar-refractivity contribution in [1.29, 1.82) is 0 Å². The summed E-state index contributed by atoms with van der Waals surface area (Å²) in [6.07, 6.45) is 2.60. The second kappa shape index (κ2) is 12.4. The Bertz CT molecular complexity index is 1150. The highest BCUT2D eigenvalue weighted by atomic mass is 35.5. The largest absolute Gasteiger partial charge is 0.492 e. The molecule has 1 aromatic carbocycles. The van der Waals surface area contributed by atoms with E-state index in [9.17, 15) is 18.0 Å². The monoisotopic (exact) mass is 540 g/mol. The first kappa shape index (κ1) is 29.3. The summed E-state index contributed by atoms with van der Waals surface area (Å²) < 4.78 is 34.1. The fraction of sp³-hybridized carbons (Fsp3) is 0.458. The minimum absolute atomic E-state index is 0.0607. The van der Waals surface area contributed by atoms with Crippen molar-refractivity contribution >= 4 is 39.3 Å². The highest BCUT2D eigenvalue weighted by Gasteiger charge is 2.24. The van der Waals surface area contributed by atoms with E-state index >= 15 is 0 Å². The van der Waals surface area contributed by atoms with Gasteiger partial charge in [0.1, 0.15) is 18.0 Å². The predicted octanol–water partition coefficient (Wildman–Crippen LogP) is 3.69. The van der Waals surface area contributed by atoms with Crippen LogP contribution in [0.5, 0.6) is 5.75 Å². The average Bonchev–Trinajstić information content (AvgIpc) is 2.74. The molecule has 2 amide bonds. The molecule has 2 N–H and O–H groups in total. The zero-order valence-electron chi connectivity index (χ0n) is 21.1. The van der Waals surface area contributed by atoms with Crippen molar-refractivity contribution in [3.05, 3.63) is 53.3 Å². The number of nitrogens with zero attached hydrogens (tertiary/aromatic N) is 3. The molecule has 0 unspecified atom stereocenters. The number of carbonyl (C=O) groups is 2. The van der Waals surface area contributed by atoms with Crippen molar-refractivity contribution in [1.82, 2.24) is 9.88 Å². The lowest BCUT2D eigenvalue weighted by atomic mass is 10.1. The van der Waals surface area contributed by atoms with Crippen molar-refractivity contribution in [3.8, 4) is 5.75 Å². The highest BCUT2D eigenvalue weighted by Crippen LogP contribution is 2.24. The minimum Gasteiger partial charge on any atom is -0.492 e. The summed E-state index contributed by atoms with van der Waals surface area (Å²) in [6.45, 7) is 9.05. The lowest BCUT2D eigenvalue weighted by Crippen LogP contribution is -2.41. The normalized spacial score (nSPS) is 11.8. The molecule has 1 aromatic heterocycles. The summed E-state index contributed by atoms with van der Waals surface area (Å²) >= 11 is 6.23. The number of rotatable bonds is 10. The van der Waals surface area contributed by atoms with E-state index in [4.69, 9.17) is 26.2 Å². The summed E-state index contributed by atoms with van der Waals surface area (Å²) in [6, 6.07) is 7.64. The first-order chi connectivity index (χ1) is 16.7. The van der Waals surface area contributed by atoms with Crippen LogP contribution in [0, 0.1) is 0 Å². The van der Waals surface area contributed by atoms with Crippen LogP contribution in [-0.2, 0) is 14.8 Å². The Morgan fingerprint density at radius 2 is 1.75 bits per heavy atom. The molecule has 0 aliphatic rings. The molecular weight excluding hydrogens is 508 g/mol. The Morgan fingerprint density at radius 1 is 1.11 bits per heavy atom. The van der Waals surface area contributed by atoms with Gasteiger partial charge in [0.15, 0.2) is 0 Å². The number of pyridine rings is 1. The molecule has 2 aromatic rings. The maximum Gasteiger partial charge on any atom is 0.414 e. The van der Waals surface area contributed by atoms with E-state index in [0.29, 0.717) is 11.4 Å². The third kappa shape index (κ3) is 9.63. The smallest absolute Gasteiger partial charge is 0.414 e. The predicted molar refractivity (Wildman–Crippen MR) is 139 cm³/mol. The van der Waals surface area contributed by atoms with E-state index in [1.54, 1.807) is 65.2 Å². The third-order valence-electron chi connectivity index (χ3n) is 4.79. The Balaban J connectivity index is 2.17. The highest BCUT2D eigenvalue weighted by molar-refractivity contribution is 7.89. The summed E-state index contributed by atoms with van der Waals surface area (Å²) in [5.41, 5.74) is 0.141. The molecule has 0 saturated heterocycles. The molecule has 2 rings (SSSR count). The fourth-order valence-electron chi connectivity index (χ4n) is 3.18. The number of hydrogen-bond acceptors (Lipinski definition) is 7. The first-order valence-corrected chi connectivity index (χ1v) is 13.4. The van der Waals surface area contributed by atoms with Crippen LogP contribution in [-0.4, -0.2) is 67.4 Å². The Kier molecular flexibility index (Phi) is 10.1. The fourth-order valence-corrected chi connectivity index (χ4v) is 3.85. The van der Waals surface area contributed by atoms with Crippen LogP contribution in [0.25, 0.3) is 0 Å². The number of ether oxygens (including phenoxy) is 2. The van der Waals surface area contributed by atoms with Crippen molar-refractivity contribution in [3.63, 3.8) is 0 Å². The van der Waals surface area contributed by atoms with Gasteiger partial charge in [-0.25, -0.2) is 18.4 Å². The number of benzene rings is 1. The lowest BCUT2D eigenvalue weighted by molar-refractivity contribution is 0.0574. The Labute approximate surface area is 217 Å². The molecule has 198 valence electrons. The molecule has 0 aliphatic heterocycles. The van der Waals surface area contributed by atoms with E-state index in [0.717, 1.165) is 0 Å². The molecule has 0 aliphatic carbocycles. The van der Waals surface area contributed by atoms with E-state index in [-0.39, 0.29) is 42.1 Å². The van der Waals surface area contributed by atoms with Crippen molar-refractivity contribution in [2.45, 2.75) is 46.3 Å². The number of amides is 2. The van der Waals surface area contributed by atoms with Gasteiger partial charge in [0.2, 0.25) is 10.0 Å². The van der Waals surface area contributed by atoms with Gasteiger partial charge in [-0.1, -0.05) is 11.6 Å². The van der Waals surface area contributed by atoms with Gasteiger partial charge in [-0.05, 0) is 65.0 Å². The number of anilines is 1. The Morgan fingerprint density at radius 3 is 2.31 bits per heavy atom. The van der Waals surface area contributed by atoms with Crippen LogP contribution in [0.3, 0.4) is 0 Å². The van der Waals surface area contributed by atoms with E-state index < -0.39 is 27.6 Å². The van der Waals surface area contributed by atoms with Gasteiger partial charge in [0.25, 0.3) is 5.91 Å². The molecule has 0 bridgehead atoms. The second-order valence-electron chi connectivity index (χ2n) is 9.32. The Hall–Kier alpha value is -2.89. The number of sulfonamides is 1. The SMILES string of the molecule is CC(C)N(CCS(N)(=O)=O)C(=O)c1cc(Cl)cc(OCCN(C(=O)OC(C)(C)C)c2ccncc2)c1. The number of primary sulfonamides is 1. The first-order valence-electron chi connectivity index (χ1n) is 11.3. The van der Waals surface area contributed by atoms with E-state index in [2.05, 4.69) is 4.98 Å². The molecule has 0 atom stereocenters. The molecule has 1 heterocycles. The second-order valence-corrected chi connectivity index (χ2v) is 11.5. The quantitative estimate of drug-likeness (QED) is 0.486. The standard InChI is InChI=1S/C24H33ClN4O6S/c1-17(2)28(11-13-36(26,32)33)22(30)18-14-19(25)16-21(15-18)34-12-10-29(20-6-8-27-9-7-20)23(31)35-24(3,4)5/h6-9,14-17H,10-13H2,1-5H3,(H2,26,32,33). The molecular formula is C24H33ClN4O6S. The number of halogens is 1. The van der Waals surface area contributed by atoms with Crippen LogP contribution < -0.4 is 14.8 Å². The molecule has 36 heavy (non-hydrogen) atoms. The van der Waals surface area contributed by atoms with Gasteiger partial charge in [-0.2, -0.15) is 0 Å². The molecule has 0 spiro atoms. The number of carbonyl (C=O) groups excluding carboxylic acids is 2. The lowest BCUT2D eigenvalue weighted by Gasteiger charge is -2.27. The topological polar surface area (TPSA) is 132 Å². The van der Waals surface area contributed by atoms with Crippen molar-refractivity contribution in [2.24, 2.45) is 5.14 Å². The van der Waals surface area contributed by atoms with Gasteiger partial charge in [-0.3, -0.25) is 14.7 Å². The van der Waals surface area contributed by atoms with Crippen LogP contribution in [0.1, 0.15) is 45.0 Å². The summed E-state index contributed by atoms with van der Waals surface area (Å²) in [5.74, 6) is -0.455. The summed E-state index contributed by atoms with van der Waals surface area (Å²) in [4.78, 5) is 32.7. The van der Waals surface area contributed by atoms with Gasteiger partial charge < -0.3 is 14.4 Å². The average molecular weight is 541 g/mol. The molecule has 0 radical (unpaired) electrons. The van der Waals surface area contributed by atoms with Crippen LogP contribution in [0.2, 0.25) is 5.02 Å². The van der Waals surface area contributed by atoms with Gasteiger partial charge >= 0.3 is 6.09 Å². The maximum atomic E-state index is 13.1. The molecule has 0 saturated carbocycles. The van der Waals surface area contributed by atoms with Crippen molar-refractivity contribution < 1.29 is 27.5 Å². The number of aromatic nitrogens is 1. The zero-order valence-corrected chi connectivity index (χ0v) is 22.7. The van der Waals surface area contributed by atoms with E-state index in [1.807, 2.05) is 0 Å². The van der Waals surface area contributed by atoms with Gasteiger partial charge in [0, 0.05) is 35.6 Å². The minimum atomic E-state index is -3.74. The van der Waals surface area contributed by atoms with Crippen LogP contribution in [0.4, 0.5) is 10.5 Å². The zero-order chi connectivity index (χ0) is 27.1. The molecule has 12 heteroatoms. The summed E-state index contributed by atoms with van der Waals surface area (Å²) in [5, 5.41) is 5.37. The van der Waals surface area contributed by atoms with Gasteiger partial charge in [0.05, 0.1) is 18.0 Å². The molecule has 0 fully saturated rings. The van der Waals surface area contributed by atoms with Crippen LogP contribution >= 0.6 is 11.6 Å².